The third-order valence-corrected chi connectivity index (χ3v) is 7.47. The molecule has 4 aromatic rings. The van der Waals surface area contributed by atoms with Crippen LogP contribution in [0.25, 0.3) is 11.3 Å². The van der Waals surface area contributed by atoms with Gasteiger partial charge in [-0.15, -0.1) is 0 Å². The number of carbonyl (C=O) groups is 2. The van der Waals surface area contributed by atoms with E-state index in [1.807, 2.05) is 32.3 Å². The van der Waals surface area contributed by atoms with Gasteiger partial charge in [0.1, 0.15) is 5.69 Å². The van der Waals surface area contributed by atoms with Crippen molar-refractivity contribution in [3.63, 3.8) is 0 Å². The number of amides is 1. The first-order valence-electron chi connectivity index (χ1n) is 13.4. The van der Waals surface area contributed by atoms with Crippen molar-refractivity contribution in [2.24, 2.45) is 20.0 Å². The normalized spacial score (nSPS) is 14.9. The molecule has 1 aliphatic rings. The third kappa shape index (κ3) is 5.89. The zero-order chi connectivity index (χ0) is 27.4. The maximum atomic E-state index is 13.7. The lowest BCUT2D eigenvalue weighted by Crippen LogP contribution is -2.46. The van der Waals surface area contributed by atoms with Crippen LogP contribution in [0.4, 0.5) is 11.6 Å². The number of aromatic nitrogens is 6. The molecule has 0 unspecified atom stereocenters. The van der Waals surface area contributed by atoms with E-state index in [0.717, 1.165) is 61.0 Å². The van der Waals surface area contributed by atoms with E-state index in [-0.39, 0.29) is 17.6 Å². The Bertz CT molecular complexity index is 1410. The number of ketones is 1. The molecule has 0 spiro atoms. The summed E-state index contributed by atoms with van der Waals surface area (Å²) in [6.45, 7) is 2.00. The van der Waals surface area contributed by atoms with Crippen molar-refractivity contribution < 1.29 is 9.59 Å². The van der Waals surface area contributed by atoms with E-state index in [1.165, 1.54) is 4.68 Å². The number of nitrogens with one attached hydrogen (secondary N) is 2. The molecule has 1 fully saturated rings. The highest BCUT2D eigenvalue weighted by Gasteiger charge is 2.31. The first-order chi connectivity index (χ1) is 18.9. The fourth-order valence-corrected chi connectivity index (χ4v) is 5.36. The highest BCUT2D eigenvalue weighted by atomic mass is 16.2. The first kappa shape index (κ1) is 26.3. The van der Waals surface area contributed by atoms with Crippen molar-refractivity contribution >= 4 is 23.3 Å². The average molecular weight is 527 g/mol. The van der Waals surface area contributed by atoms with Gasteiger partial charge in [-0.1, -0.05) is 25.7 Å². The molecule has 5 rings (SSSR count). The Kier molecular flexibility index (Phi) is 7.81. The molecule has 10 nitrogen and oxygen atoms in total. The minimum Gasteiger partial charge on any atom is -0.340 e. The van der Waals surface area contributed by atoms with Crippen LogP contribution in [-0.2, 0) is 14.1 Å². The van der Waals surface area contributed by atoms with Gasteiger partial charge in [-0.05, 0) is 61.6 Å². The van der Waals surface area contributed by atoms with Crippen molar-refractivity contribution in [3.05, 3.63) is 71.9 Å². The molecule has 3 aromatic heterocycles. The minimum atomic E-state index is -0.587. The maximum absolute atomic E-state index is 13.7. The summed E-state index contributed by atoms with van der Waals surface area (Å²) in [5, 5.41) is 14.6. The monoisotopic (exact) mass is 526 g/mol. The number of rotatable bonds is 8. The van der Waals surface area contributed by atoms with E-state index >= 15 is 0 Å². The molecule has 1 atom stereocenters. The number of hydrogen-bond donors (Lipinski definition) is 2. The number of anilines is 2. The Morgan fingerprint density at radius 2 is 1.59 bits per heavy atom. The fraction of sp³-hybridized carbons (Fsp3) is 0.379. The van der Waals surface area contributed by atoms with Crippen LogP contribution in [0.5, 0.6) is 0 Å². The molecule has 2 N–H and O–H groups in total. The van der Waals surface area contributed by atoms with Gasteiger partial charge < -0.3 is 10.6 Å². The molecule has 0 aliphatic heterocycles. The van der Waals surface area contributed by atoms with E-state index in [4.69, 9.17) is 0 Å². The number of benzene rings is 1. The van der Waals surface area contributed by atoms with E-state index < -0.39 is 6.04 Å². The highest BCUT2D eigenvalue weighted by molar-refractivity contribution is 6.04. The third-order valence-electron chi connectivity index (χ3n) is 7.47. The molecular formula is C29H34N8O2. The second-order valence-corrected chi connectivity index (χ2v) is 10.2. The lowest BCUT2D eigenvalue weighted by molar-refractivity contribution is 0.0808. The summed E-state index contributed by atoms with van der Waals surface area (Å²) in [7, 11) is 3.61. The molecule has 1 saturated carbocycles. The topological polar surface area (TPSA) is 120 Å². The molecule has 3 heterocycles. The van der Waals surface area contributed by atoms with E-state index in [1.54, 1.807) is 48.5 Å². The van der Waals surface area contributed by atoms with Gasteiger partial charge in [0.15, 0.2) is 5.78 Å². The van der Waals surface area contributed by atoms with Crippen LogP contribution in [0, 0.1) is 12.8 Å². The first-order valence-corrected chi connectivity index (χ1v) is 13.4. The number of Topliss-reactive ketones (excluding diaryl/α,β-unsaturated/α-hetero) is 1. The van der Waals surface area contributed by atoms with Gasteiger partial charge in [0, 0.05) is 49.5 Å². The second-order valence-electron chi connectivity index (χ2n) is 10.2. The van der Waals surface area contributed by atoms with Crippen molar-refractivity contribution in [2.45, 2.75) is 51.5 Å². The fourth-order valence-electron chi connectivity index (χ4n) is 5.36. The Labute approximate surface area is 227 Å². The molecule has 0 saturated heterocycles. The van der Waals surface area contributed by atoms with Crippen molar-refractivity contribution in [3.8, 4) is 11.3 Å². The van der Waals surface area contributed by atoms with Crippen LogP contribution >= 0.6 is 0 Å². The van der Waals surface area contributed by atoms with Crippen LogP contribution in [-0.4, -0.2) is 47.3 Å². The second kappa shape index (κ2) is 11.6. The number of carbonyl (C=O) groups excluding carboxylic acids is 2. The summed E-state index contributed by atoms with van der Waals surface area (Å²) in [6, 6.07) is 8.33. The molecule has 1 amide bonds. The average Bonchev–Trinajstić information content (AvgIpc) is 3.40. The van der Waals surface area contributed by atoms with Gasteiger partial charge in [0.25, 0.3) is 5.91 Å². The number of nitrogens with zero attached hydrogens (tertiary/aromatic N) is 6. The predicted molar refractivity (Wildman–Crippen MR) is 149 cm³/mol. The summed E-state index contributed by atoms with van der Waals surface area (Å²) in [4.78, 5) is 35.7. The lowest BCUT2D eigenvalue weighted by atomic mass is 9.86. The molecule has 0 bridgehead atoms. The molecule has 1 aromatic carbocycles. The smallest absolute Gasteiger partial charge is 0.270 e. The van der Waals surface area contributed by atoms with Gasteiger partial charge in [-0.25, -0.2) is 9.97 Å². The SMILES string of the molecule is Cc1cnn(C)c1-c1cnc(Nc2ccc(C(=O)[C@@H](NC(=O)c3ccnn3C)C3CCCCCC3)cc2)nc1. The van der Waals surface area contributed by atoms with Crippen LogP contribution in [0.1, 0.15) is 64.9 Å². The summed E-state index contributed by atoms with van der Waals surface area (Å²) >= 11 is 0. The quantitative estimate of drug-likeness (QED) is 0.254. The Hall–Kier alpha value is -4.34. The molecule has 39 heavy (non-hydrogen) atoms. The molecule has 0 radical (unpaired) electrons. The largest absolute Gasteiger partial charge is 0.340 e. The molecule has 1 aliphatic carbocycles. The standard InChI is InChI=1S/C29H34N8O2/c1-19-16-33-37(3)26(19)22-17-30-29(31-18-22)34-23-12-10-21(11-13-23)27(38)25(20-8-6-4-5-7-9-20)35-28(39)24-14-15-32-36(24)2/h10-18,20,25H,4-9H2,1-3H3,(H,35,39)(H,30,31,34)/t25-/m0/s1. The van der Waals surface area contributed by atoms with Gasteiger partial charge in [0.2, 0.25) is 5.95 Å². The van der Waals surface area contributed by atoms with Crippen molar-refractivity contribution in [1.29, 1.82) is 0 Å². The number of aryl methyl sites for hydroxylation is 3. The van der Waals surface area contributed by atoms with E-state index in [2.05, 4.69) is 30.8 Å². The summed E-state index contributed by atoms with van der Waals surface area (Å²) < 4.78 is 3.33. The minimum absolute atomic E-state index is 0.0730. The van der Waals surface area contributed by atoms with E-state index in [0.29, 0.717) is 17.2 Å². The Morgan fingerprint density at radius 1 is 0.897 bits per heavy atom. The van der Waals surface area contributed by atoms with Crippen LogP contribution in [0.15, 0.2) is 55.1 Å². The van der Waals surface area contributed by atoms with Crippen molar-refractivity contribution in [2.75, 3.05) is 5.32 Å². The molecule has 202 valence electrons. The predicted octanol–water partition coefficient (Wildman–Crippen LogP) is 4.61. The maximum Gasteiger partial charge on any atom is 0.270 e. The van der Waals surface area contributed by atoms with Gasteiger partial charge in [-0.2, -0.15) is 10.2 Å². The Morgan fingerprint density at radius 3 is 2.18 bits per heavy atom. The van der Waals surface area contributed by atoms with Gasteiger partial charge >= 0.3 is 0 Å². The molecule has 10 heteroatoms. The zero-order valence-corrected chi connectivity index (χ0v) is 22.6. The van der Waals surface area contributed by atoms with Gasteiger partial charge in [-0.3, -0.25) is 19.0 Å². The molecular weight excluding hydrogens is 492 g/mol. The number of hydrogen-bond acceptors (Lipinski definition) is 7. The van der Waals surface area contributed by atoms with Crippen LogP contribution < -0.4 is 10.6 Å². The lowest BCUT2D eigenvalue weighted by Gasteiger charge is -2.26. The summed E-state index contributed by atoms with van der Waals surface area (Å²) in [5.41, 5.74) is 4.68. The zero-order valence-electron chi connectivity index (χ0n) is 22.6. The summed E-state index contributed by atoms with van der Waals surface area (Å²) in [5.74, 6) is 0.205. The summed E-state index contributed by atoms with van der Waals surface area (Å²) in [6.07, 6.45) is 13.2. The highest BCUT2D eigenvalue weighted by Crippen LogP contribution is 2.28. The van der Waals surface area contributed by atoms with Gasteiger partial charge in [0.05, 0.1) is 17.9 Å². The van der Waals surface area contributed by atoms with Crippen molar-refractivity contribution in [1.82, 2.24) is 34.8 Å². The Balaban J connectivity index is 1.30. The van der Waals surface area contributed by atoms with Crippen LogP contribution in [0.3, 0.4) is 0 Å². The van der Waals surface area contributed by atoms with Crippen LogP contribution in [0.2, 0.25) is 0 Å². The van der Waals surface area contributed by atoms with E-state index in [9.17, 15) is 9.59 Å².